The molecule has 1 atom stereocenters. The number of nitrogens with zero attached hydrogens (tertiary/aromatic N) is 2. The van der Waals surface area contributed by atoms with Gasteiger partial charge < -0.3 is 9.64 Å². The zero-order valence-corrected chi connectivity index (χ0v) is 19.5. The number of rotatable bonds is 6. The molecule has 0 bridgehead atoms. The average molecular weight is 465 g/mol. The molecule has 2 heterocycles. The molecule has 2 aliphatic heterocycles. The van der Waals surface area contributed by atoms with Gasteiger partial charge in [0.15, 0.2) is 0 Å². The van der Waals surface area contributed by atoms with Crippen molar-refractivity contribution in [3.8, 4) is 5.75 Å². The second-order valence-electron chi connectivity index (χ2n) is 8.86. The molecule has 178 valence electrons. The minimum Gasteiger partial charge on any atom is -0.491 e. The van der Waals surface area contributed by atoms with Gasteiger partial charge in [0.1, 0.15) is 11.4 Å². The maximum atomic E-state index is 13.2. The van der Waals surface area contributed by atoms with Gasteiger partial charge in [0.25, 0.3) is 11.8 Å². The lowest BCUT2D eigenvalue weighted by Gasteiger charge is -2.48. The summed E-state index contributed by atoms with van der Waals surface area (Å²) in [6.07, 6.45) is 0.807. The van der Waals surface area contributed by atoms with Gasteiger partial charge in [0.2, 0.25) is 11.8 Å². The third kappa shape index (κ3) is 4.33. The number of fused-ring (bicyclic) bond motifs is 3. The van der Waals surface area contributed by atoms with Crippen molar-refractivity contribution in [2.45, 2.75) is 51.8 Å². The van der Waals surface area contributed by atoms with Crippen LogP contribution in [0.1, 0.15) is 60.7 Å². The molecule has 2 aromatic rings. The third-order valence-corrected chi connectivity index (χ3v) is 6.11. The van der Waals surface area contributed by atoms with Crippen LogP contribution in [0.4, 0.5) is 5.69 Å². The van der Waals surface area contributed by atoms with Crippen molar-refractivity contribution in [3.63, 3.8) is 0 Å². The van der Waals surface area contributed by atoms with E-state index in [1.807, 2.05) is 20.8 Å². The van der Waals surface area contributed by atoms with Gasteiger partial charge in [-0.05, 0) is 63.6 Å². The fourth-order valence-corrected chi connectivity index (χ4v) is 4.47. The molecule has 2 aromatic carbocycles. The molecule has 0 aliphatic carbocycles. The van der Waals surface area contributed by atoms with Crippen molar-refractivity contribution in [3.05, 3.63) is 59.7 Å². The first-order chi connectivity index (χ1) is 16.2. The maximum Gasteiger partial charge on any atom is 0.269 e. The van der Waals surface area contributed by atoms with E-state index in [9.17, 15) is 19.2 Å². The number of benzene rings is 2. The summed E-state index contributed by atoms with van der Waals surface area (Å²) in [5, 5.41) is 0. The topological polar surface area (TPSA) is 108 Å². The molecule has 2 aliphatic rings. The largest absolute Gasteiger partial charge is 0.491 e. The molecule has 1 saturated heterocycles. The molecule has 0 aromatic heterocycles. The average Bonchev–Trinajstić information content (AvgIpc) is 3.12. The fraction of sp³-hybridized carbons (Fsp3) is 0.360. The third-order valence-electron chi connectivity index (χ3n) is 6.11. The summed E-state index contributed by atoms with van der Waals surface area (Å²) in [4.78, 5) is 53.8. The lowest BCUT2D eigenvalue weighted by Crippen LogP contribution is -2.62. The number of hydrazine groups is 1. The van der Waals surface area contributed by atoms with Crippen LogP contribution < -0.4 is 20.5 Å². The number of hydrogen-bond acceptors (Lipinski definition) is 5. The van der Waals surface area contributed by atoms with Crippen LogP contribution in [0.3, 0.4) is 0 Å². The highest BCUT2D eigenvalue weighted by Crippen LogP contribution is 2.43. The van der Waals surface area contributed by atoms with Gasteiger partial charge in [0, 0.05) is 24.9 Å². The Bertz CT molecular complexity index is 1130. The monoisotopic (exact) mass is 464 g/mol. The summed E-state index contributed by atoms with van der Waals surface area (Å²) in [7, 11) is 0. The summed E-state index contributed by atoms with van der Waals surface area (Å²) < 4.78 is 5.55. The minimum atomic E-state index is -0.828. The second kappa shape index (κ2) is 9.17. The zero-order valence-electron chi connectivity index (χ0n) is 19.5. The minimum absolute atomic E-state index is 0.0240. The van der Waals surface area contributed by atoms with E-state index in [0.29, 0.717) is 35.4 Å². The van der Waals surface area contributed by atoms with E-state index in [2.05, 4.69) is 10.9 Å². The van der Waals surface area contributed by atoms with Crippen molar-refractivity contribution in [1.82, 2.24) is 15.8 Å². The summed E-state index contributed by atoms with van der Waals surface area (Å²) in [5.41, 5.74) is 5.37. The quantitative estimate of drug-likeness (QED) is 0.639. The van der Waals surface area contributed by atoms with Gasteiger partial charge >= 0.3 is 0 Å². The van der Waals surface area contributed by atoms with E-state index in [1.54, 1.807) is 58.3 Å². The molecule has 0 saturated carbocycles. The lowest BCUT2D eigenvalue weighted by atomic mass is 9.98. The Morgan fingerprint density at radius 3 is 2.47 bits per heavy atom. The second-order valence-corrected chi connectivity index (χ2v) is 8.86. The fourth-order valence-electron chi connectivity index (χ4n) is 4.47. The lowest BCUT2D eigenvalue weighted by molar-refractivity contribution is -0.122. The standard InChI is InChI=1S/C25H28N4O5/c1-16(2)34-18-10-8-17(9-11-18)23(32)27-26-21(30)13-15-28-24(33)19-6-4-5-7-20(19)29-22(31)12-14-25(28,29)3/h4-11,16H,12-15H2,1-3H3,(H,26,30)(H,27,32). The Labute approximate surface area is 198 Å². The molecule has 34 heavy (non-hydrogen) atoms. The number of hydrogen-bond donors (Lipinski definition) is 2. The van der Waals surface area contributed by atoms with E-state index >= 15 is 0 Å². The highest BCUT2D eigenvalue weighted by atomic mass is 16.5. The van der Waals surface area contributed by atoms with E-state index in [4.69, 9.17) is 4.74 Å². The number of carbonyl (C=O) groups excluding carboxylic acids is 4. The van der Waals surface area contributed by atoms with Gasteiger partial charge in [0.05, 0.1) is 17.4 Å². The predicted octanol–water partition coefficient (Wildman–Crippen LogP) is 2.62. The first kappa shape index (κ1) is 23.3. The van der Waals surface area contributed by atoms with Crippen molar-refractivity contribution in [2.24, 2.45) is 0 Å². The van der Waals surface area contributed by atoms with Crippen LogP contribution in [0.5, 0.6) is 5.75 Å². The van der Waals surface area contributed by atoms with E-state index in [-0.39, 0.29) is 30.9 Å². The van der Waals surface area contributed by atoms with Crippen LogP contribution in [-0.2, 0) is 9.59 Å². The van der Waals surface area contributed by atoms with Crippen molar-refractivity contribution in [1.29, 1.82) is 0 Å². The van der Waals surface area contributed by atoms with E-state index in [1.165, 1.54) is 0 Å². The number of carbonyl (C=O) groups is 4. The number of amides is 4. The van der Waals surface area contributed by atoms with Gasteiger partial charge in [-0.3, -0.25) is 34.9 Å². The molecule has 9 nitrogen and oxygen atoms in total. The SMILES string of the molecule is CC(C)Oc1ccc(C(=O)NNC(=O)CCN2C(=O)c3ccccc3N3C(=O)CCC23C)cc1. The van der Waals surface area contributed by atoms with Crippen LogP contribution in [0.15, 0.2) is 48.5 Å². The molecular formula is C25H28N4O5. The summed E-state index contributed by atoms with van der Waals surface area (Å²) in [6.45, 7) is 5.78. The molecule has 0 radical (unpaired) electrons. The summed E-state index contributed by atoms with van der Waals surface area (Å²) in [6, 6.07) is 13.6. The number of nitrogens with one attached hydrogen (secondary N) is 2. The van der Waals surface area contributed by atoms with E-state index in [0.717, 1.165) is 0 Å². The smallest absolute Gasteiger partial charge is 0.269 e. The highest BCUT2D eigenvalue weighted by molar-refractivity contribution is 6.10. The van der Waals surface area contributed by atoms with Crippen LogP contribution in [-0.4, -0.2) is 46.8 Å². The first-order valence-corrected chi connectivity index (χ1v) is 11.3. The molecule has 9 heteroatoms. The number of ether oxygens (including phenoxy) is 1. The Kier molecular flexibility index (Phi) is 6.28. The Morgan fingerprint density at radius 2 is 1.76 bits per heavy atom. The van der Waals surface area contributed by atoms with Crippen LogP contribution in [0.2, 0.25) is 0 Å². The van der Waals surface area contributed by atoms with Gasteiger partial charge in [-0.2, -0.15) is 0 Å². The zero-order chi connectivity index (χ0) is 24.5. The van der Waals surface area contributed by atoms with Crippen molar-refractivity contribution >= 4 is 29.3 Å². The predicted molar refractivity (Wildman–Crippen MR) is 125 cm³/mol. The number of anilines is 1. The van der Waals surface area contributed by atoms with Gasteiger partial charge in [-0.15, -0.1) is 0 Å². The van der Waals surface area contributed by atoms with Crippen molar-refractivity contribution in [2.75, 3.05) is 11.4 Å². The normalized spacial score (nSPS) is 19.1. The molecule has 1 unspecified atom stereocenters. The molecule has 4 rings (SSSR count). The van der Waals surface area contributed by atoms with Crippen molar-refractivity contribution < 1.29 is 23.9 Å². The molecule has 2 N–H and O–H groups in total. The van der Waals surface area contributed by atoms with Gasteiger partial charge in [-0.25, -0.2) is 0 Å². The summed E-state index contributed by atoms with van der Waals surface area (Å²) >= 11 is 0. The van der Waals surface area contributed by atoms with Crippen LogP contribution >= 0.6 is 0 Å². The molecular weight excluding hydrogens is 436 g/mol. The highest BCUT2D eigenvalue weighted by Gasteiger charge is 2.52. The van der Waals surface area contributed by atoms with Gasteiger partial charge in [-0.1, -0.05) is 12.1 Å². The van der Waals surface area contributed by atoms with Crippen LogP contribution in [0.25, 0.3) is 0 Å². The maximum absolute atomic E-state index is 13.2. The Morgan fingerprint density at radius 1 is 1.06 bits per heavy atom. The first-order valence-electron chi connectivity index (χ1n) is 11.3. The van der Waals surface area contributed by atoms with Crippen LogP contribution in [0, 0.1) is 0 Å². The Balaban J connectivity index is 1.37. The van der Waals surface area contributed by atoms with E-state index < -0.39 is 17.5 Å². The molecule has 1 fully saturated rings. The summed E-state index contributed by atoms with van der Waals surface area (Å²) in [5.74, 6) is -0.527. The molecule has 0 spiro atoms. The Hall–Kier alpha value is -3.88. The molecule has 4 amide bonds. The number of para-hydroxylation sites is 1.